The Kier molecular flexibility index (Phi) is 6.55. The molecule has 1 amide bonds. The van der Waals surface area contributed by atoms with Gasteiger partial charge in [-0.05, 0) is 44.5 Å². The van der Waals surface area contributed by atoms with Crippen LogP contribution in [0.4, 0.5) is 5.69 Å². The van der Waals surface area contributed by atoms with Crippen LogP contribution in [-0.2, 0) is 20.8 Å². The molecule has 0 bridgehead atoms. The number of aliphatic hydroxyl groups excluding tert-OH is 2. The van der Waals surface area contributed by atoms with Gasteiger partial charge in [0.2, 0.25) is 5.78 Å². The molecule has 5 rings (SSSR count). The largest absolute Gasteiger partial charge is 0.508 e. The highest BCUT2D eigenvalue weighted by Gasteiger charge is 2.64. The van der Waals surface area contributed by atoms with E-state index in [0.29, 0.717) is 16.8 Å². The lowest BCUT2D eigenvalue weighted by molar-refractivity contribution is -0.153. The van der Waals surface area contributed by atoms with Gasteiger partial charge in [-0.25, -0.2) is 0 Å². The van der Waals surface area contributed by atoms with Crippen LogP contribution in [0, 0.1) is 11.8 Å². The Labute approximate surface area is 235 Å². The molecule has 11 heteroatoms. The molecular weight excluding hydrogens is 530 g/mol. The van der Waals surface area contributed by atoms with Crippen molar-refractivity contribution in [2.75, 3.05) is 33.1 Å². The number of phenolic OH excluding ortho intramolecular Hbond substituents is 1. The number of benzene rings is 2. The van der Waals surface area contributed by atoms with E-state index < -0.39 is 69.6 Å². The van der Waals surface area contributed by atoms with Crippen molar-refractivity contribution in [2.24, 2.45) is 17.6 Å². The normalized spacial score (nSPS) is 25.6. The van der Waals surface area contributed by atoms with Crippen molar-refractivity contribution in [3.63, 3.8) is 0 Å². The molecule has 1 saturated carbocycles. The second kappa shape index (κ2) is 9.57. The molecule has 0 aromatic heterocycles. The number of hydrogen-bond donors (Lipinski definition) is 5. The van der Waals surface area contributed by atoms with E-state index in [2.05, 4.69) is 0 Å². The van der Waals surface area contributed by atoms with Gasteiger partial charge in [0, 0.05) is 36.8 Å². The number of carbonyl (C=O) groups is 4. The molecule has 2 aromatic rings. The maximum Gasteiger partial charge on any atom is 0.255 e. The molecule has 2 aromatic carbocycles. The summed E-state index contributed by atoms with van der Waals surface area (Å²) >= 11 is 0. The van der Waals surface area contributed by atoms with Crippen molar-refractivity contribution >= 4 is 34.7 Å². The van der Waals surface area contributed by atoms with Crippen molar-refractivity contribution in [3.05, 3.63) is 75.6 Å². The summed E-state index contributed by atoms with van der Waals surface area (Å²) in [6.45, 7) is 0. The van der Waals surface area contributed by atoms with E-state index in [-0.39, 0.29) is 29.5 Å². The summed E-state index contributed by atoms with van der Waals surface area (Å²) in [7, 11) is 6.56. The van der Waals surface area contributed by atoms with Crippen molar-refractivity contribution in [3.8, 4) is 5.75 Å². The Balaban J connectivity index is 1.76. The molecule has 0 spiro atoms. The van der Waals surface area contributed by atoms with Gasteiger partial charge in [-0.2, -0.15) is 0 Å². The molecule has 11 nitrogen and oxygen atoms in total. The van der Waals surface area contributed by atoms with Crippen LogP contribution in [0.5, 0.6) is 5.75 Å². The first kappa shape index (κ1) is 28.1. The molecule has 41 heavy (non-hydrogen) atoms. The molecule has 0 heterocycles. The number of likely N-dealkylation sites (N-methyl/N-ethyl adjacent to an activating group) is 1. The number of ketones is 3. The standard InChI is InChI=1S/C30H31N3O8/c1-32(2)18-12-16(23(34)13-8-6-5-7-9-13)24(35)20-15(18)10-14-11-17-22(33(3)4)26(37)21(29(31)40)28(39)30(17,41)27(38)19(14)25(20)36/h5-9,12,14,17,22,35-36,39,41H,10-11H2,1-4H3,(H2,31,40)/t14-,17-,22-,30-/m0/s1. The van der Waals surface area contributed by atoms with Gasteiger partial charge in [-0.1, -0.05) is 30.3 Å². The quantitative estimate of drug-likeness (QED) is 0.263. The number of primary amides is 1. The predicted molar refractivity (Wildman–Crippen MR) is 148 cm³/mol. The highest BCUT2D eigenvalue weighted by Crippen LogP contribution is 2.54. The highest BCUT2D eigenvalue weighted by atomic mass is 16.3. The Morgan fingerprint density at radius 2 is 1.66 bits per heavy atom. The third-order valence-electron chi connectivity index (χ3n) is 8.46. The number of nitrogens with two attached hydrogens (primary N) is 1. The molecule has 0 unspecified atom stereocenters. The van der Waals surface area contributed by atoms with Crippen LogP contribution in [0.15, 0.2) is 53.3 Å². The summed E-state index contributed by atoms with van der Waals surface area (Å²) in [6, 6.07) is 8.62. The third-order valence-corrected chi connectivity index (χ3v) is 8.46. The molecule has 3 aliphatic carbocycles. The molecule has 0 radical (unpaired) electrons. The van der Waals surface area contributed by atoms with Gasteiger partial charge < -0.3 is 31.1 Å². The summed E-state index contributed by atoms with van der Waals surface area (Å²) in [6.07, 6.45) is 0.0967. The smallest absolute Gasteiger partial charge is 0.255 e. The first-order valence-electron chi connectivity index (χ1n) is 13.0. The minimum absolute atomic E-state index is 0.0237. The molecule has 4 atom stereocenters. The first-order chi connectivity index (χ1) is 19.2. The van der Waals surface area contributed by atoms with Crippen LogP contribution in [-0.4, -0.2) is 88.4 Å². The Morgan fingerprint density at radius 3 is 2.22 bits per heavy atom. The lowest BCUT2D eigenvalue weighted by Gasteiger charge is -2.50. The molecule has 3 aliphatic rings. The summed E-state index contributed by atoms with van der Waals surface area (Å²) in [5.41, 5.74) is 2.55. The van der Waals surface area contributed by atoms with Gasteiger partial charge in [-0.15, -0.1) is 0 Å². The van der Waals surface area contributed by atoms with E-state index in [1.54, 1.807) is 63.4 Å². The van der Waals surface area contributed by atoms with Gasteiger partial charge in [0.15, 0.2) is 17.2 Å². The second-order valence-electron chi connectivity index (χ2n) is 11.2. The Hall–Kier alpha value is -4.48. The molecule has 214 valence electrons. The summed E-state index contributed by atoms with van der Waals surface area (Å²) in [4.78, 5) is 56.0. The monoisotopic (exact) mass is 561 g/mol. The number of aliphatic hydroxyl groups is 3. The van der Waals surface area contributed by atoms with Crippen molar-refractivity contribution in [1.82, 2.24) is 4.90 Å². The average Bonchev–Trinajstić information content (AvgIpc) is 2.90. The number of phenols is 1. The zero-order valence-electron chi connectivity index (χ0n) is 23.0. The van der Waals surface area contributed by atoms with Crippen LogP contribution in [0.3, 0.4) is 0 Å². The zero-order chi connectivity index (χ0) is 30.1. The molecule has 0 saturated heterocycles. The minimum atomic E-state index is -2.73. The number of nitrogens with zero attached hydrogens (tertiary/aromatic N) is 2. The van der Waals surface area contributed by atoms with Crippen molar-refractivity contribution < 1.29 is 39.6 Å². The van der Waals surface area contributed by atoms with Crippen molar-refractivity contribution in [2.45, 2.75) is 24.5 Å². The van der Waals surface area contributed by atoms with Crippen LogP contribution < -0.4 is 10.6 Å². The van der Waals surface area contributed by atoms with Crippen LogP contribution in [0.1, 0.15) is 33.5 Å². The summed E-state index contributed by atoms with van der Waals surface area (Å²) in [5, 5.41) is 45.7. The van der Waals surface area contributed by atoms with E-state index in [4.69, 9.17) is 5.73 Å². The fourth-order valence-electron chi connectivity index (χ4n) is 6.61. The van der Waals surface area contributed by atoms with Crippen LogP contribution >= 0.6 is 0 Å². The Bertz CT molecular complexity index is 1590. The number of amides is 1. The van der Waals surface area contributed by atoms with Gasteiger partial charge >= 0.3 is 0 Å². The van der Waals surface area contributed by atoms with Gasteiger partial charge in [-0.3, -0.25) is 24.1 Å². The summed E-state index contributed by atoms with van der Waals surface area (Å²) < 4.78 is 0. The van der Waals surface area contributed by atoms with Gasteiger partial charge in [0.1, 0.15) is 22.8 Å². The lowest BCUT2D eigenvalue weighted by Crippen LogP contribution is -2.65. The summed E-state index contributed by atoms with van der Waals surface area (Å²) in [5.74, 6) is -7.95. The number of Topliss-reactive ketones (excluding diaryl/α,β-unsaturated/α-hetero) is 2. The fourth-order valence-corrected chi connectivity index (χ4v) is 6.61. The average molecular weight is 562 g/mol. The van der Waals surface area contributed by atoms with Crippen LogP contribution in [0.2, 0.25) is 0 Å². The van der Waals surface area contributed by atoms with E-state index in [0.717, 1.165) is 0 Å². The maximum atomic E-state index is 14.1. The SMILES string of the molecule is CN(C)c1cc(C(=O)c2ccccc2)c(O)c2c1C[C@H]1C[C@H]3[C@H](N(C)C)C(=O)C(C(N)=O)=C(O)[C@@]3(O)C(=O)C1=C2O. The number of carbonyl (C=O) groups excluding carboxylic acids is 4. The predicted octanol–water partition coefficient (Wildman–Crippen LogP) is 1.26. The highest BCUT2D eigenvalue weighted by molar-refractivity contribution is 6.24. The maximum absolute atomic E-state index is 14.1. The topological polar surface area (TPSA) is 182 Å². The van der Waals surface area contributed by atoms with Gasteiger partial charge in [0.25, 0.3) is 5.91 Å². The molecule has 0 aliphatic heterocycles. The van der Waals surface area contributed by atoms with Crippen LogP contribution in [0.25, 0.3) is 5.76 Å². The number of aromatic hydroxyl groups is 1. The zero-order valence-corrected chi connectivity index (χ0v) is 23.0. The van der Waals surface area contributed by atoms with E-state index in [1.807, 2.05) is 0 Å². The molecule has 1 fully saturated rings. The molecule has 6 N–H and O–H groups in total. The van der Waals surface area contributed by atoms with Crippen molar-refractivity contribution in [1.29, 1.82) is 0 Å². The molecular formula is C30H31N3O8. The fraction of sp³-hybridized carbons (Fsp3) is 0.333. The third kappa shape index (κ3) is 3.87. The number of anilines is 1. The number of rotatable bonds is 5. The van der Waals surface area contributed by atoms with E-state index in [1.165, 1.54) is 11.0 Å². The lowest BCUT2D eigenvalue weighted by atomic mass is 9.57. The van der Waals surface area contributed by atoms with E-state index in [9.17, 15) is 39.6 Å². The second-order valence-corrected chi connectivity index (χ2v) is 11.2. The first-order valence-corrected chi connectivity index (χ1v) is 13.0. The number of hydrogen-bond acceptors (Lipinski definition) is 10. The van der Waals surface area contributed by atoms with E-state index >= 15 is 0 Å². The minimum Gasteiger partial charge on any atom is -0.508 e. The Morgan fingerprint density at radius 1 is 1.02 bits per heavy atom. The number of fused-ring (bicyclic) bond motifs is 3. The van der Waals surface area contributed by atoms with Gasteiger partial charge in [0.05, 0.1) is 17.2 Å².